The molecule has 0 aromatic carbocycles. The molecule has 1 atom stereocenters. The van der Waals surface area contributed by atoms with Gasteiger partial charge >= 0.3 is 0 Å². The molecule has 6 heteroatoms. The number of piperazine rings is 1. The number of fused-ring (bicyclic) bond motifs is 1. The van der Waals surface area contributed by atoms with Crippen molar-refractivity contribution in [2.45, 2.75) is 32.2 Å². The van der Waals surface area contributed by atoms with Gasteiger partial charge in [0.2, 0.25) is 11.8 Å². The lowest BCUT2D eigenvalue weighted by Crippen LogP contribution is -2.61. The predicted octanol–water partition coefficient (Wildman–Crippen LogP) is 1.46. The molecule has 0 saturated carbocycles. The Kier molecular flexibility index (Phi) is 3.80. The molecule has 0 spiro atoms. The minimum atomic E-state index is -0.349. The molecule has 1 aromatic heterocycles. The summed E-state index contributed by atoms with van der Waals surface area (Å²) >= 11 is 1.43. The van der Waals surface area contributed by atoms with Gasteiger partial charge in [-0.1, -0.05) is 0 Å². The van der Waals surface area contributed by atoms with Crippen LogP contribution in [0.25, 0.3) is 0 Å². The Morgan fingerprint density at radius 3 is 2.86 bits per heavy atom. The van der Waals surface area contributed by atoms with E-state index in [1.165, 1.54) is 16.2 Å². The Bertz CT molecular complexity index is 595. The Hall–Kier alpha value is -1.69. The molecule has 21 heavy (non-hydrogen) atoms. The van der Waals surface area contributed by atoms with Crippen LogP contribution in [0.15, 0.2) is 12.1 Å². The monoisotopic (exact) mass is 306 g/mol. The number of rotatable bonds is 3. The van der Waals surface area contributed by atoms with E-state index >= 15 is 0 Å². The number of hydrogen-bond acceptors (Lipinski definition) is 4. The van der Waals surface area contributed by atoms with Crippen LogP contribution in [-0.4, -0.2) is 53.1 Å². The van der Waals surface area contributed by atoms with Crippen LogP contribution in [0.4, 0.5) is 0 Å². The fourth-order valence-electron chi connectivity index (χ4n) is 3.00. The van der Waals surface area contributed by atoms with Crippen molar-refractivity contribution >= 4 is 28.9 Å². The van der Waals surface area contributed by atoms with Crippen molar-refractivity contribution in [3.05, 3.63) is 21.9 Å². The number of carbonyl (C=O) groups is 3. The van der Waals surface area contributed by atoms with E-state index in [1.54, 1.807) is 11.0 Å². The number of amides is 2. The van der Waals surface area contributed by atoms with Gasteiger partial charge in [-0.25, -0.2) is 0 Å². The highest BCUT2D eigenvalue weighted by molar-refractivity contribution is 7.14. The standard InChI is InChI=1S/C15H18N2O3S/c1-10-5-6-13(21-10)12(18)8-16-9-14(19)17-7-3-2-4-11(17)15(16)20/h5-6,11H,2-4,7-9H2,1H3. The van der Waals surface area contributed by atoms with Crippen molar-refractivity contribution in [1.29, 1.82) is 0 Å². The van der Waals surface area contributed by atoms with E-state index in [9.17, 15) is 14.4 Å². The van der Waals surface area contributed by atoms with E-state index in [4.69, 9.17) is 0 Å². The van der Waals surface area contributed by atoms with Gasteiger partial charge in [0.15, 0.2) is 5.78 Å². The average Bonchev–Trinajstić information content (AvgIpc) is 2.91. The van der Waals surface area contributed by atoms with Crippen LogP contribution >= 0.6 is 11.3 Å². The molecule has 0 aliphatic carbocycles. The number of Topliss-reactive ketones (excluding diaryl/α,β-unsaturated/α-hetero) is 1. The second-order valence-electron chi connectivity index (χ2n) is 5.63. The van der Waals surface area contributed by atoms with Crippen molar-refractivity contribution in [3.63, 3.8) is 0 Å². The van der Waals surface area contributed by atoms with Crippen molar-refractivity contribution in [1.82, 2.24) is 9.80 Å². The summed E-state index contributed by atoms with van der Waals surface area (Å²) < 4.78 is 0. The molecule has 2 aliphatic rings. The van der Waals surface area contributed by atoms with E-state index in [0.29, 0.717) is 17.8 Å². The Morgan fingerprint density at radius 1 is 1.33 bits per heavy atom. The van der Waals surface area contributed by atoms with Crippen LogP contribution < -0.4 is 0 Å². The zero-order valence-corrected chi connectivity index (χ0v) is 12.8. The van der Waals surface area contributed by atoms with E-state index in [1.807, 2.05) is 13.0 Å². The minimum Gasteiger partial charge on any atom is -0.329 e. The molecule has 3 rings (SSSR count). The van der Waals surface area contributed by atoms with Crippen molar-refractivity contribution < 1.29 is 14.4 Å². The second kappa shape index (κ2) is 5.60. The minimum absolute atomic E-state index is 0.00880. The van der Waals surface area contributed by atoms with Gasteiger partial charge in [-0.3, -0.25) is 14.4 Å². The lowest BCUT2D eigenvalue weighted by atomic mass is 9.98. The molecule has 112 valence electrons. The van der Waals surface area contributed by atoms with Gasteiger partial charge in [0.05, 0.1) is 11.4 Å². The summed E-state index contributed by atoms with van der Waals surface area (Å²) in [4.78, 5) is 41.6. The first kappa shape index (κ1) is 14.3. The van der Waals surface area contributed by atoms with E-state index in [0.717, 1.165) is 17.7 Å². The molecule has 3 heterocycles. The van der Waals surface area contributed by atoms with E-state index in [2.05, 4.69) is 0 Å². The van der Waals surface area contributed by atoms with Gasteiger partial charge in [0.25, 0.3) is 0 Å². The number of nitrogens with zero attached hydrogens (tertiary/aromatic N) is 2. The first-order valence-corrected chi connectivity index (χ1v) is 8.06. The molecule has 2 fully saturated rings. The summed E-state index contributed by atoms with van der Waals surface area (Å²) in [5.41, 5.74) is 0. The lowest BCUT2D eigenvalue weighted by molar-refractivity contribution is -0.157. The van der Waals surface area contributed by atoms with Gasteiger partial charge in [-0.05, 0) is 38.3 Å². The van der Waals surface area contributed by atoms with E-state index < -0.39 is 0 Å². The SMILES string of the molecule is Cc1ccc(C(=O)CN2CC(=O)N3CCCCC3C2=O)s1. The highest BCUT2D eigenvalue weighted by Gasteiger charge is 2.40. The first-order valence-electron chi connectivity index (χ1n) is 7.24. The molecular weight excluding hydrogens is 288 g/mol. The molecule has 0 bridgehead atoms. The number of thiophene rings is 1. The number of carbonyl (C=O) groups excluding carboxylic acids is 3. The maximum absolute atomic E-state index is 12.5. The summed E-state index contributed by atoms with van der Waals surface area (Å²) in [6.45, 7) is 2.65. The molecule has 2 aliphatic heterocycles. The molecule has 1 unspecified atom stereocenters. The van der Waals surface area contributed by atoms with Crippen LogP contribution in [0.1, 0.15) is 33.8 Å². The molecular formula is C15H18N2O3S. The normalized spacial score (nSPS) is 22.4. The Morgan fingerprint density at radius 2 is 2.14 bits per heavy atom. The van der Waals surface area contributed by atoms with E-state index in [-0.39, 0.29) is 36.7 Å². The maximum atomic E-state index is 12.5. The molecule has 5 nitrogen and oxygen atoms in total. The summed E-state index contributed by atoms with van der Waals surface area (Å²) in [6, 6.07) is 3.33. The fourth-order valence-corrected chi connectivity index (χ4v) is 3.80. The lowest BCUT2D eigenvalue weighted by Gasteiger charge is -2.42. The highest BCUT2D eigenvalue weighted by atomic mass is 32.1. The number of aryl methyl sites for hydroxylation is 1. The number of ketones is 1. The summed E-state index contributed by atoms with van der Waals surface area (Å²) in [6.07, 6.45) is 2.64. The number of hydrogen-bond donors (Lipinski definition) is 0. The van der Waals surface area contributed by atoms with Crippen molar-refractivity contribution in [3.8, 4) is 0 Å². The summed E-state index contributed by atoms with van der Waals surface area (Å²) in [5, 5.41) is 0. The molecule has 0 radical (unpaired) electrons. The topological polar surface area (TPSA) is 57.7 Å². The van der Waals surface area contributed by atoms with Crippen LogP contribution in [-0.2, 0) is 9.59 Å². The van der Waals surface area contributed by atoms with Gasteiger partial charge < -0.3 is 9.80 Å². The zero-order valence-electron chi connectivity index (χ0n) is 12.0. The third-order valence-corrected chi connectivity index (χ3v) is 5.14. The highest BCUT2D eigenvalue weighted by Crippen LogP contribution is 2.24. The Balaban J connectivity index is 1.72. The van der Waals surface area contributed by atoms with Crippen LogP contribution in [0, 0.1) is 6.92 Å². The van der Waals surface area contributed by atoms with Crippen molar-refractivity contribution in [2.75, 3.05) is 19.6 Å². The third-order valence-electron chi connectivity index (χ3n) is 4.10. The second-order valence-corrected chi connectivity index (χ2v) is 6.91. The largest absolute Gasteiger partial charge is 0.329 e. The van der Waals surface area contributed by atoms with Crippen LogP contribution in [0.3, 0.4) is 0 Å². The van der Waals surface area contributed by atoms with Gasteiger partial charge in [0, 0.05) is 11.4 Å². The zero-order chi connectivity index (χ0) is 15.0. The quantitative estimate of drug-likeness (QED) is 0.795. The molecule has 2 saturated heterocycles. The molecule has 1 aromatic rings. The van der Waals surface area contributed by atoms with Crippen LogP contribution in [0.5, 0.6) is 0 Å². The number of piperidine rings is 1. The molecule has 0 N–H and O–H groups in total. The van der Waals surface area contributed by atoms with Gasteiger partial charge in [-0.15, -0.1) is 11.3 Å². The summed E-state index contributed by atoms with van der Waals surface area (Å²) in [5.74, 6) is -0.191. The third kappa shape index (κ3) is 2.72. The first-order chi connectivity index (χ1) is 10.1. The predicted molar refractivity (Wildman–Crippen MR) is 79.3 cm³/mol. The fraction of sp³-hybridized carbons (Fsp3) is 0.533. The molecule has 2 amide bonds. The van der Waals surface area contributed by atoms with Crippen molar-refractivity contribution in [2.24, 2.45) is 0 Å². The maximum Gasteiger partial charge on any atom is 0.246 e. The van der Waals surface area contributed by atoms with Gasteiger partial charge in [0.1, 0.15) is 12.6 Å². The smallest absolute Gasteiger partial charge is 0.246 e. The van der Waals surface area contributed by atoms with Gasteiger partial charge in [-0.2, -0.15) is 0 Å². The average molecular weight is 306 g/mol. The Labute approximate surface area is 127 Å². The van der Waals surface area contributed by atoms with Crippen LogP contribution in [0.2, 0.25) is 0 Å². The summed E-state index contributed by atoms with van der Waals surface area (Å²) in [7, 11) is 0.